The van der Waals surface area contributed by atoms with Crippen LogP contribution in [-0.4, -0.2) is 34.8 Å². The van der Waals surface area contributed by atoms with Crippen LogP contribution in [0.1, 0.15) is 31.8 Å². The molecule has 0 unspecified atom stereocenters. The lowest BCUT2D eigenvalue weighted by molar-refractivity contribution is 0.0846. The van der Waals surface area contributed by atoms with Crippen LogP contribution in [0.25, 0.3) is 11.3 Å². The summed E-state index contributed by atoms with van der Waals surface area (Å²) in [5, 5.41) is 4.67. The molecule has 8 nitrogen and oxygen atoms in total. The fourth-order valence-electron chi connectivity index (χ4n) is 3.80. The first-order valence-corrected chi connectivity index (χ1v) is 11.3. The molecule has 2 amide bonds. The zero-order chi connectivity index (χ0) is 24.2. The van der Waals surface area contributed by atoms with Gasteiger partial charge in [-0.05, 0) is 30.7 Å². The molecule has 1 aliphatic rings. The number of aromatic nitrogens is 2. The summed E-state index contributed by atoms with van der Waals surface area (Å²) < 4.78 is 12.7. The molecule has 0 saturated heterocycles. The van der Waals surface area contributed by atoms with Crippen molar-refractivity contribution in [3.05, 3.63) is 101 Å². The van der Waals surface area contributed by atoms with E-state index in [1.165, 1.54) is 0 Å². The van der Waals surface area contributed by atoms with Crippen LogP contribution in [-0.2, 0) is 6.54 Å². The maximum absolute atomic E-state index is 13.1. The Labute approximate surface area is 202 Å². The predicted octanol–water partition coefficient (Wildman–Crippen LogP) is 3.75. The Kier molecular flexibility index (Phi) is 6.17. The summed E-state index contributed by atoms with van der Waals surface area (Å²) in [5.74, 6) is 0.152. The van der Waals surface area contributed by atoms with Gasteiger partial charge in [0.1, 0.15) is 18.9 Å². The molecule has 0 aliphatic carbocycles. The molecule has 0 bridgehead atoms. The van der Waals surface area contributed by atoms with E-state index in [9.17, 15) is 9.59 Å². The quantitative estimate of drug-likeness (QED) is 0.435. The zero-order valence-electron chi connectivity index (χ0n) is 19.2. The Morgan fingerprint density at radius 1 is 0.886 bits per heavy atom. The standard InChI is InChI=1S/C27H24N4O4/c1-18-7-9-20(10-8-18)25-22(17-31(30-25)16-19-5-3-2-4-6-19)27(33)29-28-26(32)21-11-12-23-24(15-21)35-14-13-34-23/h2-12,15,17H,13-14,16H2,1H3,(H,28,32)(H,29,33). The number of nitrogens with one attached hydrogen (secondary N) is 2. The third kappa shape index (κ3) is 5.01. The van der Waals surface area contributed by atoms with Crippen LogP contribution in [0, 0.1) is 6.92 Å². The van der Waals surface area contributed by atoms with E-state index < -0.39 is 11.8 Å². The van der Waals surface area contributed by atoms with E-state index in [2.05, 4.69) is 16.0 Å². The smallest absolute Gasteiger partial charge is 0.273 e. The van der Waals surface area contributed by atoms with Crippen molar-refractivity contribution < 1.29 is 19.1 Å². The number of ether oxygens (including phenoxy) is 2. The molecule has 1 aromatic heterocycles. The first-order chi connectivity index (χ1) is 17.1. The Balaban J connectivity index is 1.35. The first-order valence-electron chi connectivity index (χ1n) is 11.3. The average molecular weight is 469 g/mol. The molecule has 0 fully saturated rings. The molecular weight excluding hydrogens is 444 g/mol. The Morgan fingerprint density at radius 3 is 2.37 bits per heavy atom. The Hall–Kier alpha value is -4.59. The SMILES string of the molecule is Cc1ccc(-c2nn(Cc3ccccc3)cc2C(=O)NNC(=O)c2ccc3c(c2)OCCO3)cc1. The van der Waals surface area contributed by atoms with Gasteiger partial charge >= 0.3 is 0 Å². The lowest BCUT2D eigenvalue weighted by atomic mass is 10.1. The van der Waals surface area contributed by atoms with Gasteiger partial charge in [-0.3, -0.25) is 25.1 Å². The highest BCUT2D eigenvalue weighted by molar-refractivity contribution is 6.02. The minimum Gasteiger partial charge on any atom is -0.486 e. The summed E-state index contributed by atoms with van der Waals surface area (Å²) in [5.41, 5.74) is 9.20. The summed E-state index contributed by atoms with van der Waals surface area (Å²) in [7, 11) is 0. The molecule has 1 aliphatic heterocycles. The van der Waals surface area contributed by atoms with E-state index >= 15 is 0 Å². The summed E-state index contributed by atoms with van der Waals surface area (Å²) in [6, 6.07) is 22.5. The molecule has 35 heavy (non-hydrogen) atoms. The molecule has 176 valence electrons. The number of fused-ring (bicyclic) bond motifs is 1. The van der Waals surface area contributed by atoms with Crippen LogP contribution in [0.2, 0.25) is 0 Å². The van der Waals surface area contributed by atoms with Crippen LogP contribution in [0.5, 0.6) is 11.5 Å². The molecule has 5 rings (SSSR count). The van der Waals surface area contributed by atoms with Crippen LogP contribution in [0.4, 0.5) is 0 Å². The highest BCUT2D eigenvalue weighted by Crippen LogP contribution is 2.30. The summed E-state index contributed by atoms with van der Waals surface area (Å²) in [6.45, 7) is 3.40. The second-order valence-electron chi connectivity index (χ2n) is 8.21. The molecule has 2 heterocycles. The third-order valence-corrected chi connectivity index (χ3v) is 5.61. The number of amides is 2. The summed E-state index contributed by atoms with van der Waals surface area (Å²) in [4.78, 5) is 25.8. The van der Waals surface area contributed by atoms with Gasteiger partial charge in [0.25, 0.3) is 11.8 Å². The van der Waals surface area contributed by atoms with Gasteiger partial charge in [0, 0.05) is 17.3 Å². The van der Waals surface area contributed by atoms with Gasteiger partial charge in [-0.25, -0.2) is 0 Å². The van der Waals surface area contributed by atoms with Crippen molar-refractivity contribution in [2.24, 2.45) is 0 Å². The highest BCUT2D eigenvalue weighted by Gasteiger charge is 2.20. The summed E-state index contributed by atoms with van der Waals surface area (Å²) >= 11 is 0. The normalized spacial score (nSPS) is 12.1. The van der Waals surface area contributed by atoms with Gasteiger partial charge in [0.2, 0.25) is 0 Å². The molecule has 0 radical (unpaired) electrons. The third-order valence-electron chi connectivity index (χ3n) is 5.61. The second-order valence-corrected chi connectivity index (χ2v) is 8.21. The van der Waals surface area contributed by atoms with Crippen molar-refractivity contribution in [2.75, 3.05) is 13.2 Å². The van der Waals surface area contributed by atoms with Crippen molar-refractivity contribution >= 4 is 11.8 Å². The molecule has 3 aromatic carbocycles. The van der Waals surface area contributed by atoms with E-state index in [-0.39, 0.29) is 0 Å². The molecule has 4 aromatic rings. The van der Waals surface area contributed by atoms with Gasteiger partial charge in [-0.1, -0.05) is 60.2 Å². The van der Waals surface area contributed by atoms with E-state index in [1.54, 1.807) is 29.1 Å². The average Bonchev–Trinajstić information content (AvgIpc) is 3.31. The van der Waals surface area contributed by atoms with Crippen molar-refractivity contribution in [3.8, 4) is 22.8 Å². The van der Waals surface area contributed by atoms with E-state index in [1.807, 2.05) is 61.5 Å². The molecule has 8 heteroatoms. The Morgan fingerprint density at radius 2 is 1.60 bits per heavy atom. The van der Waals surface area contributed by atoms with Crippen molar-refractivity contribution in [2.45, 2.75) is 13.5 Å². The molecule has 0 spiro atoms. The Bertz CT molecular complexity index is 1360. The number of hydrogen-bond acceptors (Lipinski definition) is 5. The van der Waals surface area contributed by atoms with Gasteiger partial charge in [0.05, 0.1) is 12.1 Å². The number of hydrazine groups is 1. The molecule has 0 saturated carbocycles. The minimum atomic E-state index is -0.469. The van der Waals surface area contributed by atoms with E-state index in [0.29, 0.717) is 48.1 Å². The van der Waals surface area contributed by atoms with Crippen LogP contribution < -0.4 is 20.3 Å². The highest BCUT2D eigenvalue weighted by atomic mass is 16.6. The van der Waals surface area contributed by atoms with Crippen molar-refractivity contribution in [3.63, 3.8) is 0 Å². The number of benzene rings is 3. The van der Waals surface area contributed by atoms with Crippen LogP contribution in [0.3, 0.4) is 0 Å². The lowest BCUT2D eigenvalue weighted by Gasteiger charge is -2.18. The van der Waals surface area contributed by atoms with Crippen LogP contribution >= 0.6 is 0 Å². The molecular formula is C27H24N4O4. The van der Waals surface area contributed by atoms with Gasteiger partial charge < -0.3 is 9.47 Å². The predicted molar refractivity (Wildman–Crippen MR) is 130 cm³/mol. The fourth-order valence-corrected chi connectivity index (χ4v) is 3.80. The van der Waals surface area contributed by atoms with Gasteiger partial charge in [-0.15, -0.1) is 0 Å². The maximum Gasteiger partial charge on any atom is 0.273 e. The van der Waals surface area contributed by atoms with Gasteiger partial charge in [-0.2, -0.15) is 5.10 Å². The second kappa shape index (κ2) is 9.72. The largest absolute Gasteiger partial charge is 0.486 e. The zero-order valence-corrected chi connectivity index (χ0v) is 19.2. The van der Waals surface area contributed by atoms with Gasteiger partial charge in [0.15, 0.2) is 11.5 Å². The maximum atomic E-state index is 13.1. The van der Waals surface area contributed by atoms with Crippen LogP contribution in [0.15, 0.2) is 79.0 Å². The number of rotatable bonds is 5. The topological polar surface area (TPSA) is 94.5 Å². The molecule has 0 atom stereocenters. The number of carbonyl (C=O) groups is 2. The number of nitrogens with zero attached hydrogens (tertiary/aromatic N) is 2. The number of aryl methyl sites for hydroxylation is 1. The molecule has 2 N–H and O–H groups in total. The summed E-state index contributed by atoms with van der Waals surface area (Å²) in [6.07, 6.45) is 1.69. The van der Waals surface area contributed by atoms with E-state index in [4.69, 9.17) is 9.47 Å². The van der Waals surface area contributed by atoms with E-state index in [0.717, 1.165) is 16.7 Å². The lowest BCUT2D eigenvalue weighted by Crippen LogP contribution is -2.41. The minimum absolute atomic E-state index is 0.341. The van der Waals surface area contributed by atoms with Crippen molar-refractivity contribution in [1.29, 1.82) is 0 Å². The fraction of sp³-hybridized carbons (Fsp3) is 0.148. The van der Waals surface area contributed by atoms with Crippen molar-refractivity contribution in [1.82, 2.24) is 20.6 Å². The number of carbonyl (C=O) groups excluding carboxylic acids is 2. The first kappa shape index (κ1) is 22.2. The monoisotopic (exact) mass is 468 g/mol. The number of hydrogen-bond donors (Lipinski definition) is 2.